The first-order valence-electron chi connectivity index (χ1n) is 6.10. The second-order valence-electron chi connectivity index (χ2n) is 4.85. The monoisotopic (exact) mass is 334 g/mol. The quantitative estimate of drug-likeness (QED) is 0.802. The van der Waals surface area contributed by atoms with Crippen molar-refractivity contribution in [3.05, 3.63) is 35.4 Å². The van der Waals surface area contributed by atoms with Crippen molar-refractivity contribution in [1.29, 1.82) is 0 Å². The zero-order chi connectivity index (χ0) is 16.7. The number of halogens is 2. The van der Waals surface area contributed by atoms with Crippen LogP contribution in [0.3, 0.4) is 0 Å². The van der Waals surface area contributed by atoms with Gasteiger partial charge in [0.15, 0.2) is 17.7 Å². The van der Waals surface area contributed by atoms with Crippen LogP contribution in [0.4, 0.5) is 8.78 Å². The molecule has 1 amide bonds. The zero-order valence-corrected chi connectivity index (χ0v) is 11.9. The predicted octanol–water partition coefficient (Wildman–Crippen LogP) is -0.0201. The van der Waals surface area contributed by atoms with Crippen LogP contribution < -0.4 is 5.14 Å². The van der Waals surface area contributed by atoms with Gasteiger partial charge in [-0.2, -0.15) is 0 Å². The average Bonchev–Trinajstić information content (AvgIpc) is 2.77. The Labute approximate surface area is 124 Å². The van der Waals surface area contributed by atoms with Crippen LogP contribution in [0.2, 0.25) is 0 Å². The first-order valence-corrected chi connectivity index (χ1v) is 7.71. The van der Waals surface area contributed by atoms with Crippen molar-refractivity contribution >= 4 is 21.9 Å². The third kappa shape index (κ3) is 2.92. The topological polar surface area (TPSA) is 118 Å². The molecule has 2 unspecified atom stereocenters. The Balaban J connectivity index is 2.44. The fourth-order valence-electron chi connectivity index (χ4n) is 2.33. The summed E-state index contributed by atoms with van der Waals surface area (Å²) >= 11 is 0. The van der Waals surface area contributed by atoms with Crippen LogP contribution in [0.15, 0.2) is 18.2 Å². The van der Waals surface area contributed by atoms with E-state index in [1.54, 1.807) is 0 Å². The third-order valence-corrected chi connectivity index (χ3v) is 4.65. The molecule has 22 heavy (non-hydrogen) atoms. The molecule has 0 radical (unpaired) electrons. The Morgan fingerprint density at radius 3 is 2.55 bits per heavy atom. The lowest BCUT2D eigenvalue weighted by Gasteiger charge is -2.25. The lowest BCUT2D eigenvalue weighted by molar-refractivity contribution is -0.148. The normalized spacial score (nSPS) is 20.2. The molecule has 0 bridgehead atoms. The van der Waals surface area contributed by atoms with Gasteiger partial charge in [-0.1, -0.05) is 12.1 Å². The van der Waals surface area contributed by atoms with Crippen molar-refractivity contribution in [1.82, 2.24) is 4.90 Å². The molecule has 1 aromatic rings. The second kappa shape index (κ2) is 5.61. The molecule has 120 valence electrons. The van der Waals surface area contributed by atoms with Crippen LogP contribution in [0.1, 0.15) is 18.0 Å². The molecular weight excluding hydrogens is 322 g/mol. The van der Waals surface area contributed by atoms with Gasteiger partial charge in [-0.3, -0.25) is 4.79 Å². The van der Waals surface area contributed by atoms with Crippen LogP contribution >= 0.6 is 0 Å². The van der Waals surface area contributed by atoms with Crippen LogP contribution in [-0.2, 0) is 19.6 Å². The SMILES string of the molecule is NS(=O)(=O)C1CC(=O)N(C(C(=O)O)c2cccc(F)c2F)C1. The number of carboxylic acid groups (broad SMARTS) is 1. The number of sulfonamides is 1. The van der Waals surface area contributed by atoms with E-state index in [4.69, 9.17) is 5.14 Å². The summed E-state index contributed by atoms with van der Waals surface area (Å²) in [6.45, 7) is -0.495. The standard InChI is InChI=1S/C12H12F2N2O5S/c13-8-3-1-2-7(10(8)14)11(12(18)19)16-5-6(4-9(16)17)22(15,20)21/h1-3,6,11H,4-5H2,(H,18,19)(H2,15,20,21). The minimum Gasteiger partial charge on any atom is -0.479 e. The Morgan fingerprint density at radius 2 is 2.05 bits per heavy atom. The number of benzene rings is 1. The second-order valence-corrected chi connectivity index (χ2v) is 6.69. The summed E-state index contributed by atoms with van der Waals surface area (Å²) in [4.78, 5) is 23.9. The van der Waals surface area contributed by atoms with Crippen LogP contribution in [0.5, 0.6) is 0 Å². The van der Waals surface area contributed by atoms with Gasteiger partial charge in [-0.15, -0.1) is 0 Å². The van der Waals surface area contributed by atoms with Crippen LogP contribution in [0.25, 0.3) is 0 Å². The van der Waals surface area contributed by atoms with Crippen molar-refractivity contribution in [2.75, 3.05) is 6.54 Å². The van der Waals surface area contributed by atoms with Gasteiger partial charge in [0.1, 0.15) is 5.25 Å². The predicted molar refractivity (Wildman–Crippen MR) is 70.0 cm³/mol. The molecule has 1 aliphatic heterocycles. The number of carbonyl (C=O) groups excluding carboxylic acids is 1. The van der Waals surface area contributed by atoms with E-state index >= 15 is 0 Å². The Hall–Kier alpha value is -2.07. The fourth-order valence-corrected chi connectivity index (χ4v) is 3.08. The number of carbonyl (C=O) groups is 2. The van der Waals surface area contributed by atoms with Crippen LogP contribution in [-0.4, -0.2) is 42.1 Å². The molecule has 10 heteroatoms. The highest BCUT2D eigenvalue weighted by atomic mass is 32.2. The van der Waals surface area contributed by atoms with Crippen LogP contribution in [0, 0.1) is 11.6 Å². The number of primary sulfonamides is 1. The van der Waals surface area contributed by atoms with Gasteiger partial charge in [0.05, 0.1) is 0 Å². The highest BCUT2D eigenvalue weighted by Gasteiger charge is 2.43. The van der Waals surface area contributed by atoms with E-state index in [9.17, 15) is 31.9 Å². The molecular formula is C12H12F2N2O5S. The van der Waals surface area contributed by atoms with E-state index in [0.29, 0.717) is 4.90 Å². The van der Waals surface area contributed by atoms with Crippen molar-refractivity contribution in [3.63, 3.8) is 0 Å². The number of hydrogen-bond acceptors (Lipinski definition) is 4. The Bertz CT molecular complexity index is 737. The molecule has 0 saturated carbocycles. The first kappa shape index (κ1) is 16.3. The molecule has 3 N–H and O–H groups in total. The zero-order valence-electron chi connectivity index (χ0n) is 11.1. The Morgan fingerprint density at radius 1 is 1.41 bits per heavy atom. The van der Waals surface area contributed by atoms with Crippen molar-refractivity contribution in [2.24, 2.45) is 5.14 Å². The van der Waals surface area contributed by atoms with E-state index in [0.717, 1.165) is 18.2 Å². The number of carboxylic acids is 1. The number of hydrogen-bond donors (Lipinski definition) is 2. The lowest BCUT2D eigenvalue weighted by Crippen LogP contribution is -2.38. The van der Waals surface area contributed by atoms with Crippen molar-refractivity contribution < 1.29 is 31.9 Å². The van der Waals surface area contributed by atoms with E-state index in [1.807, 2.05) is 0 Å². The van der Waals surface area contributed by atoms with Crippen molar-refractivity contribution in [3.8, 4) is 0 Å². The average molecular weight is 334 g/mol. The third-order valence-electron chi connectivity index (χ3n) is 3.41. The largest absolute Gasteiger partial charge is 0.479 e. The van der Waals surface area contributed by atoms with Gasteiger partial charge < -0.3 is 10.0 Å². The number of rotatable bonds is 4. The molecule has 2 rings (SSSR count). The summed E-state index contributed by atoms with van der Waals surface area (Å²) in [7, 11) is -4.05. The maximum absolute atomic E-state index is 13.8. The summed E-state index contributed by atoms with van der Waals surface area (Å²) in [5.74, 6) is -5.08. The number of amides is 1. The Kier molecular flexibility index (Phi) is 4.16. The summed E-state index contributed by atoms with van der Waals surface area (Å²) in [5.41, 5.74) is -0.559. The highest BCUT2D eigenvalue weighted by Crippen LogP contribution is 2.30. The molecule has 0 spiro atoms. The van der Waals surface area contributed by atoms with E-state index < -0.39 is 63.4 Å². The molecule has 0 aliphatic carbocycles. The summed E-state index contributed by atoms with van der Waals surface area (Å²) in [6.07, 6.45) is -0.500. The number of nitrogens with two attached hydrogens (primary N) is 1. The number of aliphatic carboxylic acids is 1. The molecule has 1 aliphatic rings. The molecule has 7 nitrogen and oxygen atoms in total. The molecule has 1 saturated heterocycles. The summed E-state index contributed by atoms with van der Waals surface area (Å²) in [5, 5.41) is 12.9. The fraction of sp³-hybridized carbons (Fsp3) is 0.333. The van der Waals surface area contributed by atoms with Gasteiger partial charge in [-0.25, -0.2) is 27.1 Å². The van der Waals surface area contributed by atoms with Gasteiger partial charge in [0.2, 0.25) is 15.9 Å². The number of likely N-dealkylation sites (tertiary alicyclic amines) is 1. The highest BCUT2D eigenvalue weighted by molar-refractivity contribution is 7.89. The van der Waals surface area contributed by atoms with Gasteiger partial charge >= 0.3 is 5.97 Å². The van der Waals surface area contributed by atoms with Gasteiger partial charge in [0.25, 0.3) is 0 Å². The summed E-state index contributed by atoms with van der Waals surface area (Å²) in [6, 6.07) is 1.10. The molecule has 1 aromatic carbocycles. The summed E-state index contributed by atoms with van der Waals surface area (Å²) < 4.78 is 49.7. The molecule has 2 atom stereocenters. The van der Waals surface area contributed by atoms with Gasteiger partial charge in [0, 0.05) is 18.5 Å². The van der Waals surface area contributed by atoms with E-state index in [-0.39, 0.29) is 0 Å². The van der Waals surface area contributed by atoms with E-state index in [2.05, 4.69) is 0 Å². The smallest absolute Gasteiger partial charge is 0.331 e. The lowest BCUT2D eigenvalue weighted by atomic mass is 10.0. The molecule has 1 fully saturated rings. The minimum atomic E-state index is -4.05. The maximum atomic E-state index is 13.8. The minimum absolute atomic E-state index is 0.495. The van der Waals surface area contributed by atoms with E-state index in [1.165, 1.54) is 0 Å². The molecule has 0 aromatic heterocycles. The first-order chi connectivity index (χ1) is 10.1. The maximum Gasteiger partial charge on any atom is 0.331 e. The number of nitrogens with zero attached hydrogens (tertiary/aromatic N) is 1. The van der Waals surface area contributed by atoms with Crippen molar-refractivity contribution in [2.45, 2.75) is 17.7 Å². The molecule has 1 heterocycles. The van der Waals surface area contributed by atoms with Gasteiger partial charge in [-0.05, 0) is 6.07 Å².